The minimum atomic E-state index is -3.47. The lowest BCUT2D eigenvalue weighted by atomic mass is 9.91. The van der Waals surface area contributed by atoms with Crippen LogP contribution in [-0.4, -0.2) is 41.3 Å². The van der Waals surface area contributed by atoms with Crippen molar-refractivity contribution in [2.24, 2.45) is 5.92 Å². The summed E-state index contributed by atoms with van der Waals surface area (Å²) in [6.07, 6.45) is 7.02. The molecule has 9 nitrogen and oxygen atoms in total. The number of carbonyl (C=O) groups excluding carboxylic acids is 1. The maximum absolute atomic E-state index is 13.5. The number of carbonyl (C=O) groups is 1. The van der Waals surface area contributed by atoms with Crippen molar-refractivity contribution in [1.29, 1.82) is 0 Å². The fraction of sp³-hybridized carbons (Fsp3) is 0.483. The fourth-order valence-electron chi connectivity index (χ4n) is 5.56. The van der Waals surface area contributed by atoms with E-state index in [0.717, 1.165) is 49.7 Å². The first-order chi connectivity index (χ1) is 19.0. The Balaban J connectivity index is 1.33. The van der Waals surface area contributed by atoms with Crippen LogP contribution in [0, 0.1) is 5.92 Å². The average molecular weight is 553 g/mol. The van der Waals surface area contributed by atoms with Crippen molar-refractivity contribution < 1.29 is 22.5 Å². The molecule has 2 heterocycles. The number of aromatic nitrogens is 2. The molecule has 0 spiro atoms. The molecule has 0 bridgehead atoms. The predicted octanol–water partition coefficient (Wildman–Crippen LogP) is 5.52. The highest BCUT2D eigenvalue weighted by atomic mass is 32.2. The number of nitrogens with one attached hydrogen (secondary N) is 1. The lowest BCUT2D eigenvalue weighted by Gasteiger charge is -2.34. The summed E-state index contributed by atoms with van der Waals surface area (Å²) >= 11 is 0. The molecule has 1 N–H and O–H groups in total. The van der Waals surface area contributed by atoms with Gasteiger partial charge in [0.1, 0.15) is 12.6 Å². The SMILES string of the molecule is O=C(N[C@H](c1ccccc1)c1nc(C2CCCCN2S(=O)(=O)CC2CCCCC2)no1)OCc1ccccc1. The van der Waals surface area contributed by atoms with E-state index in [9.17, 15) is 13.2 Å². The molecule has 3 aromatic rings. The number of piperidine rings is 1. The van der Waals surface area contributed by atoms with Crippen LogP contribution in [0.2, 0.25) is 0 Å². The van der Waals surface area contributed by atoms with Gasteiger partial charge >= 0.3 is 6.09 Å². The molecule has 39 heavy (non-hydrogen) atoms. The maximum atomic E-state index is 13.5. The minimum absolute atomic E-state index is 0.124. The molecular weight excluding hydrogens is 516 g/mol. The van der Waals surface area contributed by atoms with E-state index in [1.807, 2.05) is 60.7 Å². The highest BCUT2D eigenvalue weighted by Gasteiger charge is 2.38. The smallest absolute Gasteiger partial charge is 0.408 e. The zero-order valence-electron chi connectivity index (χ0n) is 22.1. The summed E-state index contributed by atoms with van der Waals surface area (Å²) in [6, 6.07) is 17.5. The quantitative estimate of drug-likeness (QED) is 0.372. The van der Waals surface area contributed by atoms with E-state index in [-0.39, 0.29) is 24.2 Å². The zero-order valence-corrected chi connectivity index (χ0v) is 22.9. The number of benzene rings is 2. The Morgan fingerprint density at radius 1 is 0.974 bits per heavy atom. The van der Waals surface area contributed by atoms with Crippen LogP contribution in [0.1, 0.15) is 86.3 Å². The van der Waals surface area contributed by atoms with Gasteiger partial charge in [-0.3, -0.25) is 0 Å². The number of hydrogen-bond acceptors (Lipinski definition) is 7. The minimum Gasteiger partial charge on any atom is -0.445 e. The maximum Gasteiger partial charge on any atom is 0.408 e. The summed E-state index contributed by atoms with van der Waals surface area (Å²) in [5.74, 6) is 0.899. The molecule has 2 aromatic carbocycles. The van der Waals surface area contributed by atoms with Crippen LogP contribution in [0.4, 0.5) is 4.79 Å². The highest BCUT2D eigenvalue weighted by Crippen LogP contribution is 2.35. The molecule has 1 aromatic heterocycles. The summed E-state index contributed by atoms with van der Waals surface area (Å²) in [4.78, 5) is 17.4. The van der Waals surface area contributed by atoms with Crippen molar-refractivity contribution in [3.63, 3.8) is 0 Å². The van der Waals surface area contributed by atoms with Gasteiger partial charge in [-0.1, -0.05) is 91.5 Å². The summed E-state index contributed by atoms with van der Waals surface area (Å²) in [6.45, 7) is 0.578. The normalized spacial score (nSPS) is 19.8. The predicted molar refractivity (Wildman–Crippen MR) is 146 cm³/mol. The van der Waals surface area contributed by atoms with E-state index < -0.39 is 28.2 Å². The van der Waals surface area contributed by atoms with Crippen LogP contribution in [0.15, 0.2) is 65.2 Å². The summed E-state index contributed by atoms with van der Waals surface area (Å²) in [7, 11) is -3.47. The van der Waals surface area contributed by atoms with Gasteiger partial charge in [0.15, 0.2) is 5.82 Å². The van der Waals surface area contributed by atoms with Crippen LogP contribution < -0.4 is 5.32 Å². The third-order valence-corrected chi connectivity index (χ3v) is 9.64. The number of sulfonamides is 1. The van der Waals surface area contributed by atoms with Gasteiger partial charge in [-0.2, -0.15) is 9.29 Å². The van der Waals surface area contributed by atoms with E-state index in [2.05, 4.69) is 15.5 Å². The van der Waals surface area contributed by atoms with Crippen LogP contribution >= 0.6 is 0 Å². The lowest BCUT2D eigenvalue weighted by Crippen LogP contribution is -2.41. The fourth-order valence-corrected chi connectivity index (χ4v) is 7.67. The second kappa shape index (κ2) is 12.7. The number of rotatable bonds is 9. The molecule has 1 amide bonds. The van der Waals surface area contributed by atoms with Crippen molar-refractivity contribution in [1.82, 2.24) is 19.8 Å². The standard InChI is InChI=1S/C29H36N4O5S/c34-29(37-20-22-12-4-1-5-13-22)30-26(24-16-8-3-9-17-24)28-31-27(32-38-28)25-18-10-11-19-33(25)39(35,36)21-23-14-6-2-7-15-23/h1,3-5,8-9,12-13,16-17,23,25-26H,2,6-7,10-11,14-15,18-21H2,(H,30,34)/t25?,26-/m1/s1. The molecule has 2 fully saturated rings. The summed E-state index contributed by atoms with van der Waals surface area (Å²) in [5, 5.41) is 7.06. The van der Waals surface area contributed by atoms with Crippen molar-refractivity contribution >= 4 is 16.1 Å². The lowest BCUT2D eigenvalue weighted by molar-refractivity contribution is 0.135. The van der Waals surface area contributed by atoms with Gasteiger partial charge in [0, 0.05) is 6.54 Å². The van der Waals surface area contributed by atoms with Crippen molar-refractivity contribution in [2.45, 2.75) is 70.1 Å². The Morgan fingerprint density at radius 2 is 1.67 bits per heavy atom. The van der Waals surface area contributed by atoms with Crippen LogP contribution in [0.3, 0.4) is 0 Å². The number of nitrogens with zero attached hydrogens (tertiary/aromatic N) is 3. The molecule has 1 unspecified atom stereocenters. The summed E-state index contributed by atoms with van der Waals surface area (Å²) < 4.78 is 39.7. The first-order valence-corrected chi connectivity index (χ1v) is 15.5. The monoisotopic (exact) mass is 552 g/mol. The van der Waals surface area contributed by atoms with Gasteiger partial charge in [-0.05, 0) is 42.7 Å². The number of hydrogen-bond donors (Lipinski definition) is 1. The Labute approximate surface area is 230 Å². The molecule has 208 valence electrons. The molecule has 5 rings (SSSR count). The average Bonchev–Trinajstić information content (AvgIpc) is 3.46. The second-order valence-electron chi connectivity index (χ2n) is 10.4. The molecule has 1 saturated heterocycles. The number of alkyl carbamates (subject to hydrolysis) is 1. The molecule has 2 atom stereocenters. The van der Waals surface area contributed by atoms with Crippen molar-refractivity contribution in [2.75, 3.05) is 12.3 Å². The number of amides is 1. The number of ether oxygens (including phenoxy) is 1. The third-order valence-electron chi connectivity index (χ3n) is 7.59. The van der Waals surface area contributed by atoms with Gasteiger partial charge in [-0.15, -0.1) is 0 Å². The second-order valence-corrected chi connectivity index (χ2v) is 12.4. The molecule has 10 heteroatoms. The molecule has 2 aliphatic rings. The van der Waals surface area contributed by atoms with Gasteiger partial charge in [0.25, 0.3) is 5.89 Å². The Hall–Kier alpha value is -3.24. The van der Waals surface area contributed by atoms with Crippen molar-refractivity contribution in [3.05, 3.63) is 83.5 Å². The van der Waals surface area contributed by atoms with Gasteiger partial charge in [-0.25, -0.2) is 13.2 Å². The van der Waals surface area contributed by atoms with E-state index in [0.29, 0.717) is 18.8 Å². The van der Waals surface area contributed by atoms with Crippen LogP contribution in [0.25, 0.3) is 0 Å². The Morgan fingerprint density at radius 3 is 2.41 bits per heavy atom. The Bertz CT molecular complexity index is 1310. The van der Waals surface area contributed by atoms with E-state index in [4.69, 9.17) is 9.26 Å². The highest BCUT2D eigenvalue weighted by molar-refractivity contribution is 7.89. The Kier molecular flexibility index (Phi) is 8.93. The van der Waals surface area contributed by atoms with Crippen molar-refractivity contribution in [3.8, 4) is 0 Å². The zero-order chi connectivity index (χ0) is 27.1. The third kappa shape index (κ3) is 7.05. The topological polar surface area (TPSA) is 115 Å². The van der Waals surface area contributed by atoms with Crippen LogP contribution in [0.5, 0.6) is 0 Å². The molecular formula is C29H36N4O5S. The van der Waals surface area contributed by atoms with E-state index >= 15 is 0 Å². The van der Waals surface area contributed by atoms with Gasteiger partial charge in [0.2, 0.25) is 10.0 Å². The van der Waals surface area contributed by atoms with Crippen LogP contribution in [-0.2, 0) is 21.4 Å². The molecule has 1 aliphatic carbocycles. The molecule has 0 radical (unpaired) electrons. The van der Waals surface area contributed by atoms with Gasteiger partial charge < -0.3 is 14.6 Å². The largest absolute Gasteiger partial charge is 0.445 e. The van der Waals surface area contributed by atoms with E-state index in [1.165, 1.54) is 6.42 Å². The summed E-state index contributed by atoms with van der Waals surface area (Å²) in [5.41, 5.74) is 1.62. The van der Waals surface area contributed by atoms with Gasteiger partial charge in [0.05, 0.1) is 11.8 Å². The molecule has 1 aliphatic heterocycles. The molecule has 1 saturated carbocycles. The first-order valence-electron chi connectivity index (χ1n) is 13.8. The van der Waals surface area contributed by atoms with E-state index in [1.54, 1.807) is 4.31 Å². The first kappa shape index (κ1) is 27.3.